The first-order valence-corrected chi connectivity index (χ1v) is 8.48. The van der Waals surface area contributed by atoms with Crippen LogP contribution in [0.5, 0.6) is 0 Å². The second kappa shape index (κ2) is 6.63. The van der Waals surface area contributed by atoms with Gasteiger partial charge in [-0.15, -0.1) is 11.3 Å². The molecular weight excluding hydrogens is 344 g/mol. The van der Waals surface area contributed by atoms with Crippen molar-refractivity contribution in [2.24, 2.45) is 0 Å². The lowest BCUT2D eigenvalue weighted by molar-refractivity contribution is 0.0697. The molecule has 0 saturated carbocycles. The Morgan fingerprint density at radius 3 is 2.50 bits per heavy atom. The SMILES string of the molecule is Cc1cc(-c2nc(Nc3ccc(C(=O)O)cc3)sc2C)ccc1Cl. The average Bonchev–Trinajstić information content (AvgIpc) is 2.91. The number of carboxylic acid groups (broad SMARTS) is 1. The highest BCUT2D eigenvalue weighted by molar-refractivity contribution is 7.16. The maximum Gasteiger partial charge on any atom is 0.335 e. The summed E-state index contributed by atoms with van der Waals surface area (Å²) in [6, 6.07) is 12.4. The lowest BCUT2D eigenvalue weighted by Crippen LogP contribution is -1.96. The summed E-state index contributed by atoms with van der Waals surface area (Å²) in [5, 5.41) is 13.7. The monoisotopic (exact) mass is 358 g/mol. The number of hydrogen-bond donors (Lipinski definition) is 2. The van der Waals surface area contributed by atoms with E-state index < -0.39 is 5.97 Å². The maximum atomic E-state index is 10.9. The van der Waals surface area contributed by atoms with Crippen molar-refractivity contribution in [3.63, 3.8) is 0 Å². The largest absolute Gasteiger partial charge is 0.478 e. The van der Waals surface area contributed by atoms with E-state index >= 15 is 0 Å². The Labute approximate surface area is 148 Å². The number of nitrogens with one attached hydrogen (secondary N) is 1. The number of aromatic carboxylic acids is 1. The Bertz CT molecular complexity index is 904. The van der Waals surface area contributed by atoms with Crippen molar-refractivity contribution in [3.05, 3.63) is 63.5 Å². The molecule has 0 aliphatic rings. The third-order valence-corrected chi connectivity index (χ3v) is 4.92. The number of rotatable bonds is 4. The van der Waals surface area contributed by atoms with Crippen LogP contribution in [0.2, 0.25) is 5.02 Å². The standard InChI is InChI=1S/C18H15ClN2O2S/c1-10-9-13(5-8-15(10)19)16-11(2)24-18(21-16)20-14-6-3-12(4-7-14)17(22)23/h3-9H,1-2H3,(H,20,21)(H,22,23). The number of thiazole rings is 1. The molecule has 0 bridgehead atoms. The van der Waals surface area contributed by atoms with Gasteiger partial charge in [0.05, 0.1) is 11.3 Å². The molecule has 2 aromatic carbocycles. The zero-order valence-electron chi connectivity index (χ0n) is 13.1. The van der Waals surface area contributed by atoms with Crippen molar-refractivity contribution >= 4 is 39.7 Å². The van der Waals surface area contributed by atoms with Crippen LogP contribution < -0.4 is 5.32 Å². The fourth-order valence-electron chi connectivity index (χ4n) is 2.33. The van der Waals surface area contributed by atoms with Gasteiger partial charge < -0.3 is 10.4 Å². The van der Waals surface area contributed by atoms with Gasteiger partial charge in [0.2, 0.25) is 0 Å². The van der Waals surface area contributed by atoms with E-state index in [0.29, 0.717) is 0 Å². The number of halogens is 1. The van der Waals surface area contributed by atoms with Gasteiger partial charge in [-0.05, 0) is 55.8 Å². The van der Waals surface area contributed by atoms with Gasteiger partial charge in [-0.3, -0.25) is 0 Å². The molecule has 122 valence electrons. The molecule has 0 radical (unpaired) electrons. The van der Waals surface area contributed by atoms with Crippen LogP contribution in [0, 0.1) is 13.8 Å². The highest BCUT2D eigenvalue weighted by atomic mass is 35.5. The van der Waals surface area contributed by atoms with Crippen LogP contribution in [0.3, 0.4) is 0 Å². The van der Waals surface area contributed by atoms with Crippen molar-refractivity contribution in [2.45, 2.75) is 13.8 Å². The van der Waals surface area contributed by atoms with Crippen LogP contribution in [0.25, 0.3) is 11.3 Å². The van der Waals surface area contributed by atoms with Crippen LogP contribution in [-0.2, 0) is 0 Å². The van der Waals surface area contributed by atoms with E-state index in [9.17, 15) is 4.79 Å². The van der Waals surface area contributed by atoms with Crippen molar-refractivity contribution in [1.29, 1.82) is 0 Å². The predicted molar refractivity (Wildman–Crippen MR) is 98.7 cm³/mol. The van der Waals surface area contributed by atoms with Crippen LogP contribution >= 0.6 is 22.9 Å². The van der Waals surface area contributed by atoms with Crippen molar-refractivity contribution in [3.8, 4) is 11.3 Å². The molecule has 0 saturated heterocycles. The lowest BCUT2D eigenvalue weighted by atomic mass is 10.1. The Hall–Kier alpha value is -2.37. The molecule has 1 aromatic heterocycles. The zero-order valence-corrected chi connectivity index (χ0v) is 14.7. The Morgan fingerprint density at radius 2 is 1.88 bits per heavy atom. The number of carboxylic acids is 1. The number of hydrogen-bond acceptors (Lipinski definition) is 4. The van der Waals surface area contributed by atoms with Crippen LogP contribution in [0.4, 0.5) is 10.8 Å². The Kier molecular flexibility index (Phi) is 4.55. The average molecular weight is 359 g/mol. The summed E-state index contributed by atoms with van der Waals surface area (Å²) in [6.45, 7) is 3.99. The van der Waals surface area contributed by atoms with Gasteiger partial charge in [-0.25, -0.2) is 9.78 Å². The first-order chi connectivity index (χ1) is 11.4. The molecule has 3 rings (SSSR count). The highest BCUT2D eigenvalue weighted by Gasteiger charge is 2.11. The van der Waals surface area contributed by atoms with E-state index in [1.54, 1.807) is 35.6 Å². The molecule has 0 spiro atoms. The minimum absolute atomic E-state index is 0.258. The van der Waals surface area contributed by atoms with E-state index in [4.69, 9.17) is 16.7 Å². The number of aryl methyl sites for hydroxylation is 2. The third-order valence-electron chi connectivity index (χ3n) is 3.61. The van der Waals surface area contributed by atoms with Gasteiger partial charge in [-0.2, -0.15) is 0 Å². The zero-order chi connectivity index (χ0) is 17.3. The van der Waals surface area contributed by atoms with E-state index in [-0.39, 0.29) is 5.56 Å². The van der Waals surface area contributed by atoms with Gasteiger partial charge in [-0.1, -0.05) is 17.7 Å². The summed E-state index contributed by atoms with van der Waals surface area (Å²) in [7, 11) is 0. The first-order valence-electron chi connectivity index (χ1n) is 7.28. The second-order valence-corrected chi connectivity index (χ2v) is 7.01. The van der Waals surface area contributed by atoms with Crippen molar-refractivity contribution < 1.29 is 9.90 Å². The molecule has 0 fully saturated rings. The lowest BCUT2D eigenvalue weighted by Gasteiger charge is -2.03. The third kappa shape index (κ3) is 3.42. The van der Waals surface area contributed by atoms with Crippen LogP contribution in [-0.4, -0.2) is 16.1 Å². The molecule has 4 nitrogen and oxygen atoms in total. The molecular formula is C18H15ClN2O2S. The summed E-state index contributed by atoms with van der Waals surface area (Å²) in [4.78, 5) is 16.6. The van der Waals surface area contributed by atoms with E-state index in [1.165, 1.54) is 0 Å². The first kappa shape index (κ1) is 16.5. The van der Waals surface area contributed by atoms with E-state index in [2.05, 4.69) is 10.3 Å². The highest BCUT2D eigenvalue weighted by Crippen LogP contribution is 2.33. The number of aromatic nitrogens is 1. The minimum atomic E-state index is -0.938. The smallest absolute Gasteiger partial charge is 0.335 e. The maximum absolute atomic E-state index is 10.9. The molecule has 2 N–H and O–H groups in total. The van der Waals surface area contributed by atoms with Crippen molar-refractivity contribution in [2.75, 3.05) is 5.32 Å². The molecule has 0 atom stereocenters. The fraction of sp³-hybridized carbons (Fsp3) is 0.111. The molecule has 1 heterocycles. The van der Waals surface area contributed by atoms with Gasteiger partial charge >= 0.3 is 5.97 Å². The van der Waals surface area contributed by atoms with Gasteiger partial charge in [0, 0.05) is 21.2 Å². The topological polar surface area (TPSA) is 62.2 Å². The minimum Gasteiger partial charge on any atom is -0.478 e. The molecule has 0 amide bonds. The molecule has 0 aliphatic carbocycles. The molecule has 24 heavy (non-hydrogen) atoms. The molecule has 3 aromatic rings. The van der Waals surface area contributed by atoms with Crippen LogP contribution in [0.15, 0.2) is 42.5 Å². The summed E-state index contributed by atoms with van der Waals surface area (Å²) < 4.78 is 0. The van der Waals surface area contributed by atoms with Gasteiger partial charge in [0.25, 0.3) is 0 Å². The second-order valence-electron chi connectivity index (χ2n) is 5.40. The normalized spacial score (nSPS) is 10.6. The van der Waals surface area contributed by atoms with Gasteiger partial charge in [0.15, 0.2) is 5.13 Å². The number of carbonyl (C=O) groups is 1. The van der Waals surface area contributed by atoms with Crippen LogP contribution in [0.1, 0.15) is 20.8 Å². The number of nitrogens with zero attached hydrogens (tertiary/aromatic N) is 1. The predicted octanol–water partition coefficient (Wildman–Crippen LogP) is 5.52. The molecule has 0 unspecified atom stereocenters. The summed E-state index contributed by atoms with van der Waals surface area (Å²) in [5.74, 6) is -0.938. The molecule has 0 aliphatic heterocycles. The summed E-state index contributed by atoms with van der Waals surface area (Å²) in [6.07, 6.45) is 0. The number of anilines is 2. The number of benzene rings is 2. The summed E-state index contributed by atoms with van der Waals surface area (Å²) >= 11 is 7.64. The van der Waals surface area contributed by atoms with Gasteiger partial charge in [0.1, 0.15) is 0 Å². The Balaban J connectivity index is 1.85. The summed E-state index contributed by atoms with van der Waals surface area (Å²) in [5.41, 5.74) is 4.02. The van der Waals surface area contributed by atoms with E-state index in [1.807, 2.05) is 32.0 Å². The molecule has 6 heteroatoms. The Morgan fingerprint density at radius 1 is 1.17 bits per heavy atom. The fourth-order valence-corrected chi connectivity index (χ4v) is 3.30. The quantitative estimate of drug-likeness (QED) is 0.644. The van der Waals surface area contributed by atoms with Crippen molar-refractivity contribution in [1.82, 2.24) is 4.98 Å². The van der Waals surface area contributed by atoms with E-state index in [0.717, 1.165) is 37.5 Å².